The highest BCUT2D eigenvalue weighted by Gasteiger charge is 2.17. The van der Waals surface area contributed by atoms with Gasteiger partial charge in [-0.3, -0.25) is 9.59 Å². The normalized spacial score (nSPS) is 13.0. The minimum absolute atomic E-state index is 0.0498. The number of rotatable bonds is 51. The summed E-state index contributed by atoms with van der Waals surface area (Å²) >= 11 is 0. The molecule has 1 unspecified atom stereocenters. The number of carbonyl (C=O) groups is 2. The molecule has 0 aliphatic carbocycles. The van der Waals surface area contributed by atoms with E-state index in [2.05, 4.69) is 130 Å². The lowest BCUT2D eigenvalue weighted by Crippen LogP contribution is -2.30. The van der Waals surface area contributed by atoms with Gasteiger partial charge in [-0.05, 0) is 116 Å². The van der Waals surface area contributed by atoms with E-state index in [4.69, 9.17) is 14.2 Å². The quantitative estimate of drug-likeness (QED) is 0.0345. The van der Waals surface area contributed by atoms with Crippen molar-refractivity contribution in [2.24, 2.45) is 0 Å². The lowest BCUT2D eigenvalue weighted by molar-refractivity contribution is -0.163. The highest BCUT2D eigenvalue weighted by atomic mass is 16.6. The largest absolute Gasteiger partial charge is 0.462 e. The molecule has 0 spiro atoms. The topological polar surface area (TPSA) is 61.8 Å². The Bertz CT molecular complexity index is 1340. The average molecular weight is 944 g/mol. The average Bonchev–Trinajstić information content (AvgIpc) is 3.34. The summed E-state index contributed by atoms with van der Waals surface area (Å²) in [5, 5.41) is 0. The molecular formula is C63H106O5. The molecule has 0 aliphatic rings. The molecule has 0 heterocycles. The number of esters is 2. The van der Waals surface area contributed by atoms with Gasteiger partial charge < -0.3 is 14.2 Å². The third-order valence-corrected chi connectivity index (χ3v) is 11.8. The first-order valence-corrected chi connectivity index (χ1v) is 28.4. The van der Waals surface area contributed by atoms with Crippen LogP contribution in [0.3, 0.4) is 0 Å². The van der Waals surface area contributed by atoms with E-state index < -0.39 is 6.10 Å². The van der Waals surface area contributed by atoms with Gasteiger partial charge in [0.1, 0.15) is 6.61 Å². The van der Waals surface area contributed by atoms with Gasteiger partial charge in [-0.25, -0.2) is 0 Å². The van der Waals surface area contributed by atoms with Crippen molar-refractivity contribution in [1.82, 2.24) is 0 Å². The molecule has 5 nitrogen and oxygen atoms in total. The second-order valence-corrected chi connectivity index (χ2v) is 18.4. The van der Waals surface area contributed by atoms with E-state index in [1.807, 2.05) is 0 Å². The lowest BCUT2D eigenvalue weighted by atomic mass is 10.1. The maximum absolute atomic E-state index is 12.9. The monoisotopic (exact) mass is 943 g/mol. The molecule has 0 aromatic rings. The van der Waals surface area contributed by atoms with Crippen LogP contribution in [0.1, 0.15) is 252 Å². The minimum Gasteiger partial charge on any atom is -0.462 e. The predicted octanol–water partition coefficient (Wildman–Crippen LogP) is 19.6. The highest BCUT2D eigenvalue weighted by Crippen LogP contribution is 2.14. The van der Waals surface area contributed by atoms with Crippen LogP contribution in [-0.4, -0.2) is 37.9 Å². The SMILES string of the molecule is CC/C=C\C/C=C\C/C=C\C/C=C\CCCCCCCCC(=O)OCC(COCCC/C=C\C/C=C\C/C=C\C/C=C\CC)OC(=O)CCCCCCCCCCC/C=C\CCCCCCCC. The Hall–Kier alpha value is -3.44. The Morgan fingerprint density at radius 3 is 1.07 bits per heavy atom. The third kappa shape index (κ3) is 55.2. The number of carbonyl (C=O) groups excluding carboxylic acids is 2. The van der Waals surface area contributed by atoms with Crippen molar-refractivity contribution >= 4 is 11.9 Å². The van der Waals surface area contributed by atoms with Crippen molar-refractivity contribution in [3.05, 3.63) is 109 Å². The van der Waals surface area contributed by atoms with Crippen LogP contribution in [0, 0.1) is 0 Å². The molecule has 0 radical (unpaired) electrons. The van der Waals surface area contributed by atoms with Crippen LogP contribution in [0.5, 0.6) is 0 Å². The first-order valence-electron chi connectivity index (χ1n) is 28.4. The zero-order valence-corrected chi connectivity index (χ0v) is 44.6. The Kier molecular flexibility index (Phi) is 54.9. The molecule has 5 heteroatoms. The zero-order valence-electron chi connectivity index (χ0n) is 44.6. The molecule has 1 atom stereocenters. The van der Waals surface area contributed by atoms with Crippen LogP contribution in [0.15, 0.2) is 109 Å². The number of hydrogen-bond acceptors (Lipinski definition) is 5. The predicted molar refractivity (Wildman–Crippen MR) is 297 cm³/mol. The molecule has 0 fully saturated rings. The van der Waals surface area contributed by atoms with Gasteiger partial charge in [0.25, 0.3) is 0 Å². The van der Waals surface area contributed by atoms with E-state index in [0.717, 1.165) is 109 Å². The van der Waals surface area contributed by atoms with Gasteiger partial charge in [-0.15, -0.1) is 0 Å². The fraction of sp³-hybridized carbons (Fsp3) is 0.683. The van der Waals surface area contributed by atoms with Crippen molar-refractivity contribution < 1.29 is 23.8 Å². The van der Waals surface area contributed by atoms with E-state index >= 15 is 0 Å². The Balaban J connectivity index is 4.36. The maximum atomic E-state index is 12.9. The number of allylic oxidation sites excluding steroid dienone is 18. The first-order chi connectivity index (χ1) is 33.6. The molecule has 0 N–H and O–H groups in total. The molecule has 388 valence electrons. The number of unbranched alkanes of at least 4 members (excludes halogenated alkanes) is 22. The molecule has 0 amide bonds. The summed E-state index contributed by atoms with van der Waals surface area (Å²) < 4.78 is 17.4. The fourth-order valence-corrected chi connectivity index (χ4v) is 7.62. The molecule has 0 bridgehead atoms. The number of ether oxygens (including phenoxy) is 3. The van der Waals surface area contributed by atoms with Gasteiger partial charge in [-0.1, -0.05) is 233 Å². The van der Waals surface area contributed by atoms with E-state index in [1.165, 1.54) is 109 Å². The van der Waals surface area contributed by atoms with Crippen LogP contribution in [-0.2, 0) is 23.8 Å². The highest BCUT2D eigenvalue weighted by molar-refractivity contribution is 5.70. The summed E-state index contributed by atoms with van der Waals surface area (Å²) in [5.41, 5.74) is 0. The third-order valence-electron chi connectivity index (χ3n) is 11.8. The molecule has 0 saturated carbocycles. The summed E-state index contributed by atoms with van der Waals surface area (Å²) in [5.74, 6) is -0.446. The van der Waals surface area contributed by atoms with Crippen LogP contribution < -0.4 is 0 Å². The molecule has 0 aromatic carbocycles. The minimum atomic E-state index is -0.579. The molecule has 0 aliphatic heterocycles. The van der Waals surface area contributed by atoms with Gasteiger partial charge >= 0.3 is 11.9 Å². The smallest absolute Gasteiger partial charge is 0.306 e. The van der Waals surface area contributed by atoms with Gasteiger partial charge in [0.05, 0.1) is 6.61 Å². The van der Waals surface area contributed by atoms with Crippen LogP contribution >= 0.6 is 0 Å². The zero-order chi connectivity index (χ0) is 49.2. The maximum Gasteiger partial charge on any atom is 0.306 e. The van der Waals surface area contributed by atoms with Crippen LogP contribution in [0.25, 0.3) is 0 Å². The van der Waals surface area contributed by atoms with Gasteiger partial charge in [0.15, 0.2) is 6.10 Å². The number of hydrogen-bond donors (Lipinski definition) is 0. The standard InChI is InChI=1S/C63H106O5/c1-4-7-10-13-16-19-22-25-28-30-32-34-36-38-41-44-47-50-53-56-62(64)67-60-61(59-66-58-55-52-49-46-43-40-27-24-21-18-15-12-9-6-3)68-63(65)57-54-51-48-45-42-39-37-35-33-31-29-26-23-20-17-14-11-8-5-2/h7,9-10,12,16,18-19,21,25-29,32,34,40,46,49,61H,4-6,8,11,13-15,17,20,22-24,30-31,33,35-39,41-45,47-48,50-60H2,1-3H3/b10-7-,12-9-,19-16-,21-18-,28-25-,29-26-,34-32-,40-27-,49-46-. The Morgan fingerprint density at radius 1 is 0.338 bits per heavy atom. The fourth-order valence-electron chi connectivity index (χ4n) is 7.62. The second-order valence-electron chi connectivity index (χ2n) is 18.4. The van der Waals surface area contributed by atoms with E-state index in [1.54, 1.807) is 0 Å². The summed E-state index contributed by atoms with van der Waals surface area (Å²) in [6, 6.07) is 0. The van der Waals surface area contributed by atoms with Crippen LogP contribution in [0.4, 0.5) is 0 Å². The molecule has 0 saturated heterocycles. The molecule has 0 rings (SSSR count). The summed E-state index contributed by atoms with van der Waals surface area (Å²) in [6.07, 6.45) is 79.8. The van der Waals surface area contributed by atoms with Crippen molar-refractivity contribution in [3.63, 3.8) is 0 Å². The van der Waals surface area contributed by atoms with Gasteiger partial charge in [0.2, 0.25) is 0 Å². The van der Waals surface area contributed by atoms with Gasteiger partial charge in [-0.2, -0.15) is 0 Å². The molecule has 0 aromatic heterocycles. The first kappa shape index (κ1) is 64.6. The Morgan fingerprint density at radius 2 is 0.662 bits per heavy atom. The van der Waals surface area contributed by atoms with Crippen LogP contribution in [0.2, 0.25) is 0 Å². The van der Waals surface area contributed by atoms with E-state index in [0.29, 0.717) is 19.4 Å². The van der Waals surface area contributed by atoms with Crippen molar-refractivity contribution in [1.29, 1.82) is 0 Å². The van der Waals surface area contributed by atoms with Crippen molar-refractivity contribution in [2.75, 3.05) is 19.8 Å². The molecule has 68 heavy (non-hydrogen) atoms. The summed E-state index contributed by atoms with van der Waals surface area (Å²) in [7, 11) is 0. The second kappa shape index (κ2) is 57.9. The lowest BCUT2D eigenvalue weighted by Gasteiger charge is -2.18. The van der Waals surface area contributed by atoms with Gasteiger partial charge in [0, 0.05) is 19.4 Å². The molecular weight excluding hydrogens is 837 g/mol. The summed E-state index contributed by atoms with van der Waals surface area (Å²) in [6.45, 7) is 7.45. The van der Waals surface area contributed by atoms with Crippen molar-refractivity contribution in [3.8, 4) is 0 Å². The Labute approximate surface area is 421 Å². The van der Waals surface area contributed by atoms with Crippen molar-refractivity contribution in [2.45, 2.75) is 258 Å². The summed E-state index contributed by atoms with van der Waals surface area (Å²) in [4.78, 5) is 25.5. The van der Waals surface area contributed by atoms with E-state index in [-0.39, 0.29) is 25.2 Å². The van der Waals surface area contributed by atoms with E-state index in [9.17, 15) is 9.59 Å².